The molecule has 2 rings (SSSR count). The molecular formula is C14H10BrNO6S. The maximum atomic E-state index is 12.2. The number of carbonyl (C=O) groups is 1. The third-order valence-corrected chi connectivity index (χ3v) is 4.64. The molecule has 0 fully saturated rings. The summed E-state index contributed by atoms with van der Waals surface area (Å²) in [6.45, 7) is 0. The van der Waals surface area contributed by atoms with E-state index in [4.69, 9.17) is 4.18 Å². The largest absolute Gasteiger partial charge is 0.379 e. The third kappa shape index (κ3) is 3.93. The Hall–Kier alpha value is -2.26. The summed E-state index contributed by atoms with van der Waals surface area (Å²) in [5.74, 6) is -0.215. The summed E-state index contributed by atoms with van der Waals surface area (Å²) < 4.78 is 29.3. The molecule has 7 nitrogen and oxygen atoms in total. The zero-order chi connectivity index (χ0) is 17.0. The highest BCUT2D eigenvalue weighted by Crippen LogP contribution is 2.26. The molecule has 0 radical (unpaired) electrons. The van der Waals surface area contributed by atoms with Crippen LogP contribution in [0.2, 0.25) is 0 Å². The van der Waals surface area contributed by atoms with Gasteiger partial charge in [0.2, 0.25) is 0 Å². The fourth-order valence-corrected chi connectivity index (χ4v) is 3.19. The van der Waals surface area contributed by atoms with Gasteiger partial charge in [0.1, 0.15) is 5.75 Å². The van der Waals surface area contributed by atoms with Gasteiger partial charge in [-0.2, -0.15) is 8.42 Å². The number of hydrogen-bond acceptors (Lipinski definition) is 6. The Balaban J connectivity index is 2.32. The van der Waals surface area contributed by atoms with E-state index in [0.29, 0.717) is 5.56 Å². The average Bonchev–Trinajstić information content (AvgIpc) is 2.54. The number of carbonyl (C=O) groups excluding carboxylic acids is 1. The molecule has 0 aromatic heterocycles. The van der Waals surface area contributed by atoms with Crippen molar-refractivity contribution in [1.29, 1.82) is 0 Å². The molecule has 120 valence electrons. The number of hydrogen-bond donors (Lipinski definition) is 0. The Morgan fingerprint density at radius 3 is 2.30 bits per heavy atom. The van der Waals surface area contributed by atoms with E-state index in [1.807, 2.05) is 0 Å². The van der Waals surface area contributed by atoms with Crippen LogP contribution in [0.15, 0.2) is 53.4 Å². The van der Waals surface area contributed by atoms with Gasteiger partial charge in [-0.15, -0.1) is 0 Å². The van der Waals surface area contributed by atoms with Gasteiger partial charge >= 0.3 is 10.1 Å². The first-order valence-corrected chi connectivity index (χ1v) is 8.75. The van der Waals surface area contributed by atoms with Crippen LogP contribution in [0.5, 0.6) is 5.75 Å². The minimum Gasteiger partial charge on any atom is -0.379 e. The van der Waals surface area contributed by atoms with Gasteiger partial charge in [0.05, 0.1) is 10.3 Å². The van der Waals surface area contributed by atoms with Crippen molar-refractivity contribution in [2.24, 2.45) is 0 Å². The molecular weight excluding hydrogens is 390 g/mol. The lowest BCUT2D eigenvalue weighted by atomic mass is 10.1. The van der Waals surface area contributed by atoms with E-state index in [1.54, 1.807) is 0 Å². The standard InChI is InChI=1S/C14H10BrNO6S/c15-9-13(17)10-5-7-11(8-6-10)22-23(20,21)14-4-2-1-3-12(14)16(18)19/h1-8H,9H2. The SMILES string of the molecule is O=C(CBr)c1ccc(OS(=O)(=O)c2ccccc2[N+](=O)[O-])cc1. The van der Waals surface area contributed by atoms with Crippen LogP contribution < -0.4 is 4.18 Å². The predicted octanol–water partition coefficient (Wildman–Crippen LogP) is 2.94. The van der Waals surface area contributed by atoms with E-state index in [1.165, 1.54) is 36.4 Å². The molecule has 0 amide bonds. The quantitative estimate of drug-likeness (QED) is 0.243. The summed E-state index contributed by atoms with van der Waals surface area (Å²) >= 11 is 3.03. The van der Waals surface area contributed by atoms with Crippen LogP contribution in [0.4, 0.5) is 5.69 Å². The number of nitro groups is 1. The second-order valence-electron chi connectivity index (χ2n) is 4.34. The van der Waals surface area contributed by atoms with Crippen LogP contribution in [0, 0.1) is 10.1 Å². The minimum atomic E-state index is -4.36. The highest BCUT2D eigenvalue weighted by Gasteiger charge is 2.27. The maximum absolute atomic E-state index is 12.2. The number of benzene rings is 2. The highest BCUT2D eigenvalue weighted by atomic mass is 79.9. The highest BCUT2D eigenvalue weighted by molar-refractivity contribution is 9.09. The van der Waals surface area contributed by atoms with Crippen LogP contribution in [0.3, 0.4) is 0 Å². The number of halogens is 1. The van der Waals surface area contributed by atoms with Crippen LogP contribution in [-0.4, -0.2) is 24.5 Å². The van der Waals surface area contributed by atoms with E-state index in [9.17, 15) is 23.3 Å². The topological polar surface area (TPSA) is 104 Å². The molecule has 0 N–H and O–H groups in total. The summed E-state index contributed by atoms with van der Waals surface area (Å²) in [7, 11) is -4.36. The number of nitro benzene ring substituents is 1. The van der Waals surface area contributed by atoms with E-state index in [-0.39, 0.29) is 16.9 Å². The normalized spacial score (nSPS) is 11.0. The second kappa shape index (κ2) is 6.88. The minimum absolute atomic E-state index is 0.0470. The van der Waals surface area contributed by atoms with E-state index in [0.717, 1.165) is 12.1 Å². The van der Waals surface area contributed by atoms with Crippen LogP contribution >= 0.6 is 15.9 Å². The van der Waals surface area contributed by atoms with Crippen molar-refractivity contribution in [3.05, 3.63) is 64.2 Å². The molecule has 0 atom stereocenters. The first-order chi connectivity index (χ1) is 10.8. The van der Waals surface area contributed by atoms with Crippen molar-refractivity contribution < 1.29 is 22.3 Å². The molecule has 0 saturated carbocycles. The Morgan fingerprint density at radius 2 is 1.74 bits per heavy atom. The van der Waals surface area contributed by atoms with Crippen molar-refractivity contribution in [3.63, 3.8) is 0 Å². The lowest BCUT2D eigenvalue weighted by Crippen LogP contribution is -2.12. The lowest BCUT2D eigenvalue weighted by molar-refractivity contribution is -0.387. The third-order valence-electron chi connectivity index (χ3n) is 2.83. The monoisotopic (exact) mass is 399 g/mol. The number of para-hydroxylation sites is 1. The molecule has 2 aromatic rings. The van der Waals surface area contributed by atoms with Gasteiger partial charge in [0, 0.05) is 11.6 Å². The molecule has 0 aliphatic rings. The van der Waals surface area contributed by atoms with Gasteiger partial charge in [0.25, 0.3) is 5.69 Å². The van der Waals surface area contributed by atoms with Crippen LogP contribution in [0.25, 0.3) is 0 Å². The van der Waals surface area contributed by atoms with Crippen LogP contribution in [-0.2, 0) is 10.1 Å². The first kappa shape index (κ1) is 17.1. The van der Waals surface area contributed by atoms with Gasteiger partial charge < -0.3 is 4.18 Å². The molecule has 0 aliphatic carbocycles. The summed E-state index contributed by atoms with van der Waals surface area (Å²) in [5, 5.41) is 11.1. The average molecular weight is 400 g/mol. The molecule has 2 aromatic carbocycles. The summed E-state index contributed by atoms with van der Waals surface area (Å²) in [6.07, 6.45) is 0. The van der Waals surface area contributed by atoms with Crippen molar-refractivity contribution in [1.82, 2.24) is 0 Å². The van der Waals surface area contributed by atoms with E-state index < -0.39 is 25.6 Å². The Morgan fingerprint density at radius 1 is 1.13 bits per heavy atom. The van der Waals surface area contributed by atoms with E-state index in [2.05, 4.69) is 15.9 Å². The zero-order valence-corrected chi connectivity index (χ0v) is 13.9. The van der Waals surface area contributed by atoms with Gasteiger partial charge in [-0.3, -0.25) is 14.9 Å². The zero-order valence-electron chi connectivity index (χ0n) is 11.5. The van der Waals surface area contributed by atoms with Crippen molar-refractivity contribution >= 4 is 37.5 Å². The molecule has 0 saturated heterocycles. The maximum Gasteiger partial charge on any atom is 0.346 e. The predicted molar refractivity (Wildman–Crippen MR) is 85.5 cm³/mol. The van der Waals surface area contributed by atoms with Gasteiger partial charge in [-0.25, -0.2) is 0 Å². The number of ketones is 1. The molecule has 0 spiro atoms. The van der Waals surface area contributed by atoms with Crippen molar-refractivity contribution in [2.45, 2.75) is 4.90 Å². The van der Waals surface area contributed by atoms with E-state index >= 15 is 0 Å². The lowest BCUT2D eigenvalue weighted by Gasteiger charge is -2.07. The molecule has 0 aliphatic heterocycles. The smallest absolute Gasteiger partial charge is 0.346 e. The number of rotatable bonds is 6. The summed E-state index contributed by atoms with van der Waals surface area (Å²) in [4.78, 5) is 21.1. The van der Waals surface area contributed by atoms with Gasteiger partial charge in [-0.1, -0.05) is 28.1 Å². The molecule has 0 heterocycles. The number of nitrogens with zero attached hydrogens (tertiary/aromatic N) is 1. The van der Waals surface area contributed by atoms with Crippen molar-refractivity contribution in [2.75, 3.05) is 5.33 Å². The first-order valence-electron chi connectivity index (χ1n) is 6.22. The Labute approximate surface area is 140 Å². The Kier molecular flexibility index (Phi) is 5.12. The summed E-state index contributed by atoms with van der Waals surface area (Å²) in [6, 6.07) is 10.3. The van der Waals surface area contributed by atoms with Gasteiger partial charge in [-0.05, 0) is 30.3 Å². The molecule has 9 heteroatoms. The number of alkyl halides is 1. The van der Waals surface area contributed by atoms with Gasteiger partial charge in [0.15, 0.2) is 10.7 Å². The molecule has 23 heavy (non-hydrogen) atoms. The fourth-order valence-electron chi connectivity index (χ4n) is 1.76. The fraction of sp³-hybridized carbons (Fsp3) is 0.0714. The molecule has 0 unspecified atom stereocenters. The Bertz CT molecular complexity index is 848. The van der Waals surface area contributed by atoms with Crippen LogP contribution in [0.1, 0.15) is 10.4 Å². The number of Topliss-reactive ketones (excluding diaryl/α,β-unsaturated/α-hetero) is 1. The second-order valence-corrected chi connectivity index (χ2v) is 6.42. The summed E-state index contributed by atoms with van der Waals surface area (Å²) in [5.41, 5.74) is -0.184. The van der Waals surface area contributed by atoms with Crippen molar-refractivity contribution in [3.8, 4) is 5.75 Å². The molecule has 0 bridgehead atoms.